The van der Waals surface area contributed by atoms with Crippen LogP contribution in [-0.2, 0) is 18.8 Å². The standard InChI is InChI=1S/C24H32O6Si/c1-12-9-14(28-6)10-15-16(12)20(26)17-18(15)24(11-29-31(7,8)23(3,4)5)13(2)19(25)21(17)30-22(24)27/h9-10,13,17-18,21H,11H2,1-8H3/t13-,17+,18+,21+,24+/m0/s1. The summed E-state index contributed by atoms with van der Waals surface area (Å²) in [6, 6.07) is 3.67. The molecule has 6 nitrogen and oxygen atoms in total. The fourth-order valence-electron chi connectivity index (χ4n) is 5.30. The van der Waals surface area contributed by atoms with Crippen LogP contribution in [-0.4, -0.2) is 45.7 Å². The van der Waals surface area contributed by atoms with Gasteiger partial charge in [0, 0.05) is 17.4 Å². The fourth-order valence-corrected chi connectivity index (χ4v) is 6.33. The van der Waals surface area contributed by atoms with Crippen molar-refractivity contribution in [3.8, 4) is 5.75 Å². The maximum atomic E-state index is 13.5. The van der Waals surface area contributed by atoms with E-state index >= 15 is 0 Å². The third-order valence-electron chi connectivity index (χ3n) is 8.27. The van der Waals surface area contributed by atoms with E-state index in [1.807, 2.05) is 19.1 Å². The molecule has 5 rings (SSSR count). The number of ketones is 2. The molecule has 3 fully saturated rings. The molecule has 0 radical (unpaired) electrons. The van der Waals surface area contributed by atoms with Gasteiger partial charge in [0.1, 0.15) is 11.2 Å². The van der Waals surface area contributed by atoms with Gasteiger partial charge in [-0.1, -0.05) is 27.7 Å². The largest absolute Gasteiger partial charge is 0.497 e. The lowest BCUT2D eigenvalue weighted by Crippen LogP contribution is -2.67. The Morgan fingerprint density at radius 3 is 2.39 bits per heavy atom. The van der Waals surface area contributed by atoms with Gasteiger partial charge in [-0.3, -0.25) is 14.4 Å². The van der Waals surface area contributed by atoms with Crippen LogP contribution in [0.1, 0.15) is 55.1 Å². The lowest BCUT2D eigenvalue weighted by atomic mass is 9.53. The van der Waals surface area contributed by atoms with Crippen molar-refractivity contribution in [3.63, 3.8) is 0 Å². The fraction of sp³-hybridized carbons (Fsp3) is 0.625. The van der Waals surface area contributed by atoms with E-state index in [0.717, 1.165) is 11.1 Å². The lowest BCUT2D eigenvalue weighted by molar-refractivity contribution is -0.205. The number of hydrogen-bond donors (Lipinski definition) is 0. The molecular formula is C24H32O6Si. The Morgan fingerprint density at radius 2 is 1.81 bits per heavy atom. The Hall–Kier alpha value is -1.99. The number of ether oxygens (including phenoxy) is 2. The number of aryl methyl sites for hydroxylation is 1. The van der Waals surface area contributed by atoms with Crippen molar-refractivity contribution in [2.24, 2.45) is 17.3 Å². The smallest absolute Gasteiger partial charge is 0.316 e. The quantitative estimate of drug-likeness (QED) is 0.515. The van der Waals surface area contributed by atoms with Gasteiger partial charge in [0.25, 0.3) is 0 Å². The Morgan fingerprint density at radius 1 is 1.16 bits per heavy atom. The summed E-state index contributed by atoms with van der Waals surface area (Å²) < 4.78 is 17.6. The molecule has 5 atom stereocenters. The molecule has 1 aromatic carbocycles. The van der Waals surface area contributed by atoms with Gasteiger partial charge in [0.05, 0.1) is 19.6 Å². The molecule has 168 valence electrons. The molecule has 1 aromatic rings. The Bertz CT molecular complexity index is 991. The van der Waals surface area contributed by atoms with Crippen molar-refractivity contribution in [3.05, 3.63) is 28.8 Å². The Kier molecular flexibility index (Phi) is 4.84. The SMILES string of the molecule is COc1cc(C)c2c(c1)[C@@H]1[C@H](C2=O)[C@H]2OC(=O)[C@]1(CO[Si](C)(C)C(C)(C)C)[C@@H](C)C2=O. The molecule has 7 heteroatoms. The van der Waals surface area contributed by atoms with Gasteiger partial charge in [-0.15, -0.1) is 0 Å². The van der Waals surface area contributed by atoms with Gasteiger partial charge >= 0.3 is 5.97 Å². The van der Waals surface area contributed by atoms with Crippen LogP contribution in [0.25, 0.3) is 0 Å². The van der Waals surface area contributed by atoms with Gasteiger partial charge < -0.3 is 13.9 Å². The predicted molar refractivity (Wildman–Crippen MR) is 118 cm³/mol. The van der Waals surface area contributed by atoms with Gasteiger partial charge in [-0.05, 0) is 48.3 Å². The zero-order chi connectivity index (χ0) is 23.1. The first-order valence-electron chi connectivity index (χ1n) is 10.9. The summed E-state index contributed by atoms with van der Waals surface area (Å²) in [6.07, 6.45) is -1.02. The van der Waals surface area contributed by atoms with Crippen molar-refractivity contribution in [1.82, 2.24) is 0 Å². The van der Waals surface area contributed by atoms with E-state index in [1.165, 1.54) is 0 Å². The van der Waals surface area contributed by atoms with E-state index < -0.39 is 43.6 Å². The van der Waals surface area contributed by atoms with Gasteiger partial charge in [-0.2, -0.15) is 0 Å². The van der Waals surface area contributed by atoms with Crippen LogP contribution in [0.2, 0.25) is 18.1 Å². The van der Waals surface area contributed by atoms with Crippen LogP contribution in [0.4, 0.5) is 0 Å². The highest BCUT2D eigenvalue weighted by Gasteiger charge is 2.72. The number of methoxy groups -OCH3 is 1. The van der Waals surface area contributed by atoms with Crippen molar-refractivity contribution in [1.29, 1.82) is 0 Å². The Balaban J connectivity index is 1.89. The number of carbonyl (C=O) groups is 3. The summed E-state index contributed by atoms with van der Waals surface area (Å²) in [5.74, 6) is -1.81. The first kappa shape index (κ1) is 22.2. The Labute approximate surface area is 184 Å². The topological polar surface area (TPSA) is 78.9 Å². The monoisotopic (exact) mass is 444 g/mol. The molecule has 0 amide bonds. The summed E-state index contributed by atoms with van der Waals surface area (Å²) in [5.41, 5.74) is 0.955. The van der Waals surface area contributed by atoms with Gasteiger partial charge in [0.2, 0.25) is 0 Å². The first-order valence-corrected chi connectivity index (χ1v) is 13.8. The highest BCUT2D eigenvalue weighted by molar-refractivity contribution is 6.74. The first-order chi connectivity index (χ1) is 14.3. The van der Waals surface area contributed by atoms with E-state index in [4.69, 9.17) is 13.9 Å². The zero-order valence-electron chi connectivity index (χ0n) is 19.6. The number of benzene rings is 1. The summed E-state index contributed by atoms with van der Waals surface area (Å²) >= 11 is 0. The van der Waals surface area contributed by atoms with Crippen LogP contribution in [0.15, 0.2) is 12.1 Å². The predicted octanol–water partition coefficient (Wildman–Crippen LogP) is 4.05. The molecule has 0 unspecified atom stereocenters. The van der Waals surface area contributed by atoms with Crippen LogP contribution in [0.3, 0.4) is 0 Å². The molecule has 2 bridgehead atoms. The molecule has 0 spiro atoms. The summed E-state index contributed by atoms with van der Waals surface area (Å²) in [5, 5.41) is -0.0602. The van der Waals surface area contributed by atoms with E-state index in [9.17, 15) is 14.4 Å². The van der Waals surface area contributed by atoms with E-state index in [-0.39, 0.29) is 23.2 Å². The molecule has 0 aromatic heterocycles. The number of hydrogen-bond acceptors (Lipinski definition) is 6. The second kappa shape index (κ2) is 6.75. The minimum atomic E-state index is -2.23. The van der Waals surface area contributed by atoms with Crippen LogP contribution in [0, 0.1) is 24.2 Å². The normalized spacial score (nSPS) is 32.1. The number of rotatable bonds is 4. The molecule has 2 aliphatic carbocycles. The number of esters is 1. The average molecular weight is 445 g/mol. The highest BCUT2D eigenvalue weighted by Crippen LogP contribution is 2.62. The minimum Gasteiger partial charge on any atom is -0.497 e. The summed E-state index contributed by atoms with van der Waals surface area (Å²) in [4.78, 5) is 40.1. The van der Waals surface area contributed by atoms with Gasteiger partial charge in [0.15, 0.2) is 26.0 Å². The molecule has 1 saturated carbocycles. The van der Waals surface area contributed by atoms with E-state index in [0.29, 0.717) is 11.3 Å². The van der Waals surface area contributed by atoms with E-state index in [1.54, 1.807) is 14.0 Å². The number of Topliss-reactive ketones (excluding diaryl/α,β-unsaturated/α-hetero) is 2. The molecular weight excluding hydrogens is 412 g/mol. The van der Waals surface area contributed by atoms with Crippen molar-refractivity contribution in [2.45, 2.75) is 64.8 Å². The van der Waals surface area contributed by atoms with Gasteiger partial charge in [-0.25, -0.2) is 0 Å². The molecule has 31 heavy (non-hydrogen) atoms. The van der Waals surface area contributed by atoms with E-state index in [2.05, 4.69) is 33.9 Å². The molecule has 0 N–H and O–H groups in total. The third-order valence-corrected chi connectivity index (χ3v) is 12.8. The van der Waals surface area contributed by atoms with Crippen LogP contribution >= 0.6 is 0 Å². The van der Waals surface area contributed by atoms with Crippen LogP contribution in [0.5, 0.6) is 5.75 Å². The third kappa shape index (κ3) is 2.82. The summed E-state index contributed by atoms with van der Waals surface area (Å²) in [7, 11) is -0.643. The van der Waals surface area contributed by atoms with Crippen molar-refractivity contribution < 1.29 is 28.3 Å². The number of fused-ring (bicyclic) bond motifs is 3. The second-order valence-electron chi connectivity index (χ2n) is 10.8. The van der Waals surface area contributed by atoms with Crippen molar-refractivity contribution >= 4 is 25.9 Å². The zero-order valence-corrected chi connectivity index (χ0v) is 20.6. The lowest BCUT2D eigenvalue weighted by Gasteiger charge is -2.54. The maximum Gasteiger partial charge on any atom is 0.316 e. The second-order valence-corrected chi connectivity index (χ2v) is 15.6. The van der Waals surface area contributed by atoms with Crippen LogP contribution < -0.4 is 4.74 Å². The molecule has 2 saturated heterocycles. The maximum absolute atomic E-state index is 13.5. The molecule has 4 aliphatic rings. The molecule has 2 heterocycles. The average Bonchev–Trinajstić information content (AvgIpc) is 2.98. The van der Waals surface area contributed by atoms with Crippen molar-refractivity contribution in [2.75, 3.05) is 13.7 Å². The number of carbonyl (C=O) groups excluding carboxylic acids is 3. The minimum absolute atomic E-state index is 0.0602. The highest BCUT2D eigenvalue weighted by atomic mass is 28.4. The molecule has 2 aliphatic heterocycles. The summed E-state index contributed by atoms with van der Waals surface area (Å²) in [6.45, 7) is 14.4.